The molecule has 0 aliphatic heterocycles. The molecule has 1 aliphatic carbocycles. The van der Waals surface area contributed by atoms with Crippen LogP contribution in [0.2, 0.25) is 0 Å². The van der Waals surface area contributed by atoms with E-state index in [2.05, 4.69) is 13.8 Å². The molecule has 1 saturated carbocycles. The first-order chi connectivity index (χ1) is 4.51. The Morgan fingerprint density at radius 1 is 1.60 bits per heavy atom. The second-order valence-corrected chi connectivity index (χ2v) is 4.33. The van der Waals surface area contributed by atoms with E-state index in [0.717, 1.165) is 12.8 Å². The van der Waals surface area contributed by atoms with Crippen molar-refractivity contribution in [1.29, 1.82) is 0 Å². The van der Waals surface area contributed by atoms with Gasteiger partial charge in [-0.25, -0.2) is 0 Å². The average Bonchev–Trinajstić information content (AvgIpc) is 1.79. The van der Waals surface area contributed by atoms with Crippen LogP contribution in [-0.2, 0) is 4.79 Å². The molecule has 0 bridgehead atoms. The molecule has 1 rings (SSSR count). The lowest BCUT2D eigenvalue weighted by atomic mass is 9.77. The third-order valence-corrected chi connectivity index (χ3v) is 2.53. The predicted octanol–water partition coefficient (Wildman–Crippen LogP) is 2.37. The Bertz CT molecular complexity index is 151. The number of hydrogen-bond acceptors (Lipinski definition) is 1. The Balaban J connectivity index is 2.57. The molecule has 0 N–H and O–H groups in total. The Morgan fingerprint density at radius 2 is 2.20 bits per heavy atom. The molecule has 0 aromatic heterocycles. The van der Waals surface area contributed by atoms with Crippen molar-refractivity contribution >= 4 is 17.4 Å². The van der Waals surface area contributed by atoms with E-state index in [9.17, 15) is 4.79 Å². The summed E-state index contributed by atoms with van der Waals surface area (Å²) in [7, 11) is 0. The zero-order valence-electron chi connectivity index (χ0n) is 6.48. The van der Waals surface area contributed by atoms with Crippen molar-refractivity contribution in [3.05, 3.63) is 0 Å². The number of halogens is 1. The van der Waals surface area contributed by atoms with Crippen molar-refractivity contribution in [3.63, 3.8) is 0 Å². The lowest BCUT2D eigenvalue weighted by molar-refractivity contribution is -0.121. The Hall–Kier alpha value is -0.0400. The van der Waals surface area contributed by atoms with Gasteiger partial charge in [0.1, 0.15) is 0 Å². The van der Waals surface area contributed by atoms with Gasteiger partial charge >= 0.3 is 0 Å². The lowest BCUT2D eigenvalue weighted by Crippen LogP contribution is -2.30. The molecule has 0 aromatic rings. The maximum Gasteiger partial charge on any atom is 0.150 e. The van der Waals surface area contributed by atoms with Gasteiger partial charge < -0.3 is 0 Å². The third-order valence-electron chi connectivity index (χ3n) is 2.13. The molecule has 0 aromatic carbocycles. The normalized spacial score (nSPS) is 32.3. The minimum absolute atomic E-state index is 0.219. The number of carbonyl (C=O) groups is 1. The number of carbonyl (C=O) groups excluding carboxylic acids is 1. The van der Waals surface area contributed by atoms with E-state index in [-0.39, 0.29) is 16.6 Å². The number of ketones is 1. The molecule has 1 aliphatic rings. The molecule has 0 spiro atoms. The summed E-state index contributed by atoms with van der Waals surface area (Å²) < 4.78 is 0. The van der Waals surface area contributed by atoms with Crippen LogP contribution in [-0.4, -0.2) is 11.2 Å². The fraction of sp³-hybridized carbons (Fsp3) is 0.875. The van der Waals surface area contributed by atoms with E-state index in [1.807, 2.05) is 0 Å². The van der Waals surface area contributed by atoms with E-state index in [0.29, 0.717) is 6.42 Å². The third kappa shape index (κ3) is 1.72. The van der Waals surface area contributed by atoms with E-state index < -0.39 is 0 Å². The molecule has 10 heavy (non-hydrogen) atoms. The molecule has 0 radical (unpaired) electrons. The first-order valence-electron chi connectivity index (χ1n) is 3.68. The van der Waals surface area contributed by atoms with E-state index in [1.54, 1.807) is 0 Å². The first-order valence-corrected chi connectivity index (χ1v) is 4.12. The van der Waals surface area contributed by atoms with E-state index in [4.69, 9.17) is 11.6 Å². The van der Waals surface area contributed by atoms with Crippen LogP contribution in [0.5, 0.6) is 0 Å². The van der Waals surface area contributed by atoms with E-state index >= 15 is 0 Å². The van der Waals surface area contributed by atoms with Gasteiger partial charge in [0.25, 0.3) is 0 Å². The zero-order valence-corrected chi connectivity index (χ0v) is 7.24. The fourth-order valence-corrected chi connectivity index (χ4v) is 1.85. The van der Waals surface area contributed by atoms with Gasteiger partial charge in [-0.1, -0.05) is 13.8 Å². The molecule has 0 heterocycles. The molecule has 1 atom stereocenters. The quantitative estimate of drug-likeness (QED) is 0.498. The van der Waals surface area contributed by atoms with Gasteiger partial charge in [0.05, 0.1) is 5.38 Å². The molecule has 58 valence electrons. The van der Waals surface area contributed by atoms with Gasteiger partial charge in [0, 0.05) is 6.42 Å². The average molecular weight is 161 g/mol. The van der Waals surface area contributed by atoms with Crippen molar-refractivity contribution < 1.29 is 4.79 Å². The highest BCUT2D eigenvalue weighted by molar-refractivity contribution is 6.31. The number of hydrogen-bond donors (Lipinski definition) is 0. The number of Topliss-reactive ketones (excluding diaryl/α,β-unsaturated/α-hetero) is 1. The minimum atomic E-state index is -0.219. The maximum atomic E-state index is 10.9. The molecule has 0 amide bonds. The summed E-state index contributed by atoms with van der Waals surface area (Å²) in [6, 6.07) is 0. The van der Waals surface area contributed by atoms with Gasteiger partial charge in [0.15, 0.2) is 5.78 Å². The van der Waals surface area contributed by atoms with Crippen LogP contribution in [0.15, 0.2) is 0 Å². The Kier molecular flexibility index (Phi) is 2.04. The molecule has 1 fully saturated rings. The van der Waals surface area contributed by atoms with Gasteiger partial charge in [-0.2, -0.15) is 0 Å². The van der Waals surface area contributed by atoms with Gasteiger partial charge in [0.2, 0.25) is 0 Å². The minimum Gasteiger partial charge on any atom is -0.298 e. The predicted molar refractivity (Wildman–Crippen MR) is 42.3 cm³/mol. The van der Waals surface area contributed by atoms with Crippen LogP contribution in [0.1, 0.15) is 33.1 Å². The van der Waals surface area contributed by atoms with E-state index in [1.165, 1.54) is 0 Å². The Morgan fingerprint density at radius 3 is 2.60 bits per heavy atom. The molecule has 0 saturated heterocycles. The summed E-state index contributed by atoms with van der Waals surface area (Å²) in [4.78, 5) is 10.9. The van der Waals surface area contributed by atoms with Crippen LogP contribution < -0.4 is 0 Å². The fourth-order valence-electron chi connectivity index (χ4n) is 1.32. The molecule has 2 heteroatoms. The van der Waals surface area contributed by atoms with Gasteiger partial charge in [-0.3, -0.25) is 4.79 Å². The zero-order chi connectivity index (χ0) is 7.78. The second kappa shape index (κ2) is 2.54. The summed E-state index contributed by atoms with van der Waals surface area (Å²) in [5.74, 6) is 0.223. The summed E-state index contributed by atoms with van der Waals surface area (Å²) in [5, 5.41) is -0.219. The summed E-state index contributed by atoms with van der Waals surface area (Å²) in [6.45, 7) is 4.32. The summed E-state index contributed by atoms with van der Waals surface area (Å²) in [6.07, 6.45) is 2.50. The highest BCUT2D eigenvalue weighted by atomic mass is 35.5. The smallest absolute Gasteiger partial charge is 0.150 e. The second-order valence-electron chi connectivity index (χ2n) is 3.80. The lowest BCUT2D eigenvalue weighted by Gasteiger charge is -2.31. The Labute approximate surface area is 66.8 Å². The number of rotatable bonds is 0. The number of alkyl halides is 1. The topological polar surface area (TPSA) is 17.1 Å². The molecule has 1 nitrogen and oxygen atoms in total. The monoisotopic (exact) mass is 160 g/mol. The molecule has 1 unspecified atom stereocenters. The molecular formula is C8H13ClO. The summed E-state index contributed by atoms with van der Waals surface area (Å²) in [5.41, 5.74) is 0.278. The SMILES string of the molecule is CC1(C)CCC(=O)C(Cl)C1. The maximum absolute atomic E-state index is 10.9. The van der Waals surface area contributed by atoms with Gasteiger partial charge in [-0.15, -0.1) is 11.6 Å². The summed E-state index contributed by atoms with van der Waals surface area (Å²) >= 11 is 5.80. The van der Waals surface area contributed by atoms with Crippen LogP contribution in [0.4, 0.5) is 0 Å². The molecular weight excluding hydrogens is 148 g/mol. The largest absolute Gasteiger partial charge is 0.298 e. The van der Waals surface area contributed by atoms with Crippen LogP contribution >= 0.6 is 11.6 Å². The highest BCUT2D eigenvalue weighted by Gasteiger charge is 2.31. The van der Waals surface area contributed by atoms with Crippen molar-refractivity contribution in [1.82, 2.24) is 0 Å². The van der Waals surface area contributed by atoms with Crippen molar-refractivity contribution in [2.75, 3.05) is 0 Å². The van der Waals surface area contributed by atoms with Crippen LogP contribution in [0, 0.1) is 5.41 Å². The van der Waals surface area contributed by atoms with Crippen molar-refractivity contribution in [3.8, 4) is 0 Å². The van der Waals surface area contributed by atoms with Crippen molar-refractivity contribution in [2.24, 2.45) is 5.41 Å². The van der Waals surface area contributed by atoms with Crippen molar-refractivity contribution in [2.45, 2.75) is 38.5 Å². The van der Waals surface area contributed by atoms with Crippen LogP contribution in [0.3, 0.4) is 0 Å². The van der Waals surface area contributed by atoms with Crippen LogP contribution in [0.25, 0.3) is 0 Å². The standard InChI is InChI=1S/C8H13ClO/c1-8(2)4-3-7(10)6(9)5-8/h6H,3-5H2,1-2H3. The highest BCUT2D eigenvalue weighted by Crippen LogP contribution is 2.35. The van der Waals surface area contributed by atoms with Gasteiger partial charge in [-0.05, 0) is 18.3 Å². The first kappa shape index (κ1) is 8.06.